The lowest BCUT2D eigenvalue weighted by Crippen LogP contribution is -2.57. The summed E-state index contributed by atoms with van der Waals surface area (Å²) in [5.41, 5.74) is 6.30. The first-order chi connectivity index (χ1) is 17.9. The SMILES string of the molecule is C[C@H](NC(=O)CCC(=O)O)C(=O)N[C@@H](C)C(=O)N(c1ccc([N+](=O)[O-])cc1)[C@@H](Cc1ccccc1)C(N)=O. The molecule has 0 fully saturated rings. The van der Waals surface area contributed by atoms with E-state index in [0.29, 0.717) is 5.56 Å². The van der Waals surface area contributed by atoms with Gasteiger partial charge in [0.25, 0.3) is 5.69 Å². The van der Waals surface area contributed by atoms with Crippen molar-refractivity contribution in [1.29, 1.82) is 0 Å². The first kappa shape index (κ1) is 29.4. The number of hydrogen-bond acceptors (Lipinski definition) is 7. The maximum absolute atomic E-state index is 13.6. The van der Waals surface area contributed by atoms with Crippen LogP contribution in [0.3, 0.4) is 0 Å². The third-order valence-corrected chi connectivity index (χ3v) is 5.55. The highest BCUT2D eigenvalue weighted by molar-refractivity contribution is 6.04. The van der Waals surface area contributed by atoms with Crippen LogP contribution in [0.15, 0.2) is 54.6 Å². The van der Waals surface area contributed by atoms with Gasteiger partial charge in [-0.3, -0.25) is 39.0 Å². The molecule has 13 heteroatoms. The van der Waals surface area contributed by atoms with Crippen LogP contribution in [-0.2, 0) is 30.4 Å². The van der Waals surface area contributed by atoms with Crippen molar-refractivity contribution in [1.82, 2.24) is 10.6 Å². The maximum Gasteiger partial charge on any atom is 0.303 e. The number of amides is 4. The van der Waals surface area contributed by atoms with Crippen LogP contribution >= 0.6 is 0 Å². The Bertz CT molecular complexity index is 1190. The summed E-state index contributed by atoms with van der Waals surface area (Å²) in [4.78, 5) is 72.8. The molecule has 0 saturated heterocycles. The number of nitrogens with two attached hydrogens (primary N) is 1. The molecule has 4 amide bonds. The van der Waals surface area contributed by atoms with Crippen molar-refractivity contribution in [2.24, 2.45) is 5.73 Å². The van der Waals surface area contributed by atoms with Gasteiger partial charge < -0.3 is 21.5 Å². The number of benzene rings is 2. The number of aliphatic carboxylic acids is 1. The number of rotatable bonds is 13. The van der Waals surface area contributed by atoms with Gasteiger partial charge >= 0.3 is 5.97 Å². The molecule has 38 heavy (non-hydrogen) atoms. The van der Waals surface area contributed by atoms with E-state index >= 15 is 0 Å². The topological polar surface area (TPSA) is 202 Å². The number of carboxylic acids is 1. The number of carboxylic acid groups (broad SMARTS) is 1. The molecular formula is C25H29N5O8. The van der Waals surface area contributed by atoms with Gasteiger partial charge in [-0.2, -0.15) is 0 Å². The summed E-state index contributed by atoms with van der Waals surface area (Å²) in [5, 5.41) is 24.6. The fourth-order valence-electron chi connectivity index (χ4n) is 3.56. The zero-order valence-electron chi connectivity index (χ0n) is 20.8. The summed E-state index contributed by atoms with van der Waals surface area (Å²) in [6.07, 6.45) is -0.695. The second-order valence-corrected chi connectivity index (χ2v) is 8.50. The van der Waals surface area contributed by atoms with Crippen LogP contribution in [0.5, 0.6) is 0 Å². The smallest absolute Gasteiger partial charge is 0.303 e. The maximum atomic E-state index is 13.6. The molecule has 5 N–H and O–H groups in total. The van der Waals surface area contributed by atoms with Crippen LogP contribution < -0.4 is 21.3 Å². The highest BCUT2D eigenvalue weighted by Crippen LogP contribution is 2.24. The van der Waals surface area contributed by atoms with Gasteiger partial charge in [-0.15, -0.1) is 0 Å². The quantitative estimate of drug-likeness (QED) is 0.217. The minimum atomic E-state index is -1.20. The lowest BCUT2D eigenvalue weighted by atomic mass is 10.0. The highest BCUT2D eigenvalue weighted by atomic mass is 16.6. The number of nitrogens with zero attached hydrogens (tertiary/aromatic N) is 2. The van der Waals surface area contributed by atoms with E-state index in [9.17, 15) is 34.1 Å². The average Bonchev–Trinajstić information content (AvgIpc) is 2.87. The van der Waals surface area contributed by atoms with Crippen LogP contribution in [0, 0.1) is 10.1 Å². The normalized spacial score (nSPS) is 12.9. The molecule has 13 nitrogen and oxygen atoms in total. The van der Waals surface area contributed by atoms with Gasteiger partial charge in [0.1, 0.15) is 18.1 Å². The van der Waals surface area contributed by atoms with Crippen molar-refractivity contribution < 1.29 is 34.0 Å². The van der Waals surface area contributed by atoms with Crippen molar-refractivity contribution in [3.8, 4) is 0 Å². The van der Waals surface area contributed by atoms with E-state index in [1.165, 1.54) is 38.1 Å². The van der Waals surface area contributed by atoms with E-state index in [4.69, 9.17) is 10.8 Å². The van der Waals surface area contributed by atoms with Gasteiger partial charge in [-0.25, -0.2) is 0 Å². The van der Waals surface area contributed by atoms with Crippen LogP contribution in [-0.4, -0.2) is 57.8 Å². The molecule has 202 valence electrons. The summed E-state index contributed by atoms with van der Waals surface area (Å²) in [6.45, 7) is 2.74. The predicted octanol–water partition coefficient (Wildman–Crippen LogP) is 0.899. The zero-order valence-corrected chi connectivity index (χ0v) is 20.8. The van der Waals surface area contributed by atoms with Gasteiger partial charge in [-0.05, 0) is 31.5 Å². The second-order valence-electron chi connectivity index (χ2n) is 8.50. The van der Waals surface area contributed by atoms with Crippen molar-refractivity contribution in [3.63, 3.8) is 0 Å². The molecule has 0 aromatic heterocycles. The molecule has 0 spiro atoms. The predicted molar refractivity (Wildman–Crippen MR) is 136 cm³/mol. The molecule has 0 saturated carbocycles. The standard InChI is InChI=1S/C25H29N5O8/c1-15(27-21(31)12-13-22(32)33)24(35)28-16(2)25(36)29(18-8-10-19(11-9-18)30(37)38)20(23(26)34)14-17-6-4-3-5-7-17/h3-11,15-16,20H,12-14H2,1-2H3,(H2,26,34)(H,27,31)(H,28,35)(H,32,33)/t15-,16-,20-/m0/s1. The Labute approximate surface area is 218 Å². The van der Waals surface area contributed by atoms with Gasteiger partial charge in [0.15, 0.2) is 0 Å². The molecule has 0 aliphatic carbocycles. The number of non-ortho nitro benzene ring substituents is 1. The van der Waals surface area contributed by atoms with E-state index in [-0.39, 0.29) is 24.2 Å². The van der Waals surface area contributed by atoms with E-state index in [1.807, 2.05) is 0 Å². The zero-order chi connectivity index (χ0) is 28.4. The molecule has 3 atom stereocenters. The molecule has 2 aromatic rings. The Balaban J connectivity index is 2.29. The molecule has 0 bridgehead atoms. The average molecular weight is 528 g/mol. The van der Waals surface area contributed by atoms with Crippen molar-refractivity contribution >= 4 is 41.0 Å². The van der Waals surface area contributed by atoms with Crippen LogP contribution in [0.2, 0.25) is 0 Å². The number of anilines is 1. The van der Waals surface area contributed by atoms with Crippen LogP contribution in [0.4, 0.5) is 11.4 Å². The number of carbonyl (C=O) groups excluding carboxylic acids is 4. The lowest BCUT2D eigenvalue weighted by Gasteiger charge is -2.32. The Kier molecular flexibility index (Phi) is 10.4. The molecule has 0 radical (unpaired) electrons. The second kappa shape index (κ2) is 13.5. The van der Waals surface area contributed by atoms with Crippen LogP contribution in [0.1, 0.15) is 32.3 Å². The summed E-state index contributed by atoms with van der Waals surface area (Å²) < 4.78 is 0. The minimum Gasteiger partial charge on any atom is -0.481 e. The van der Waals surface area contributed by atoms with E-state index in [1.54, 1.807) is 30.3 Å². The van der Waals surface area contributed by atoms with Gasteiger partial charge in [0, 0.05) is 30.7 Å². The molecule has 2 aromatic carbocycles. The molecule has 2 rings (SSSR count). The van der Waals surface area contributed by atoms with Gasteiger partial charge in [-0.1, -0.05) is 30.3 Å². The third-order valence-electron chi connectivity index (χ3n) is 5.55. The first-order valence-electron chi connectivity index (χ1n) is 11.6. The summed E-state index contributed by atoms with van der Waals surface area (Å²) >= 11 is 0. The monoisotopic (exact) mass is 527 g/mol. The molecule has 0 aliphatic rings. The Morgan fingerprint density at radius 1 is 0.947 bits per heavy atom. The number of primary amides is 1. The first-order valence-corrected chi connectivity index (χ1v) is 11.6. The molecular weight excluding hydrogens is 498 g/mol. The van der Waals surface area contributed by atoms with E-state index in [2.05, 4.69) is 10.6 Å². The fraction of sp³-hybridized carbons (Fsp3) is 0.320. The molecule has 0 unspecified atom stereocenters. The highest BCUT2D eigenvalue weighted by Gasteiger charge is 2.34. The number of carbonyl (C=O) groups is 5. The Morgan fingerprint density at radius 2 is 1.55 bits per heavy atom. The van der Waals surface area contributed by atoms with Gasteiger partial charge in [0.2, 0.25) is 23.6 Å². The summed E-state index contributed by atoms with van der Waals surface area (Å²) in [6, 6.07) is 10.2. The summed E-state index contributed by atoms with van der Waals surface area (Å²) in [5.74, 6) is -4.10. The summed E-state index contributed by atoms with van der Waals surface area (Å²) in [7, 11) is 0. The number of nitro benzene ring substituents is 1. The number of nitro groups is 1. The Morgan fingerprint density at radius 3 is 2.08 bits per heavy atom. The fourth-order valence-corrected chi connectivity index (χ4v) is 3.56. The number of hydrogen-bond donors (Lipinski definition) is 4. The van der Waals surface area contributed by atoms with Crippen molar-refractivity contribution in [2.45, 2.75) is 51.2 Å². The van der Waals surface area contributed by atoms with E-state index in [0.717, 1.165) is 4.90 Å². The lowest BCUT2D eigenvalue weighted by molar-refractivity contribution is -0.384. The third kappa shape index (κ3) is 8.40. The molecule has 0 heterocycles. The van der Waals surface area contributed by atoms with E-state index < -0.39 is 59.1 Å². The molecule has 0 aliphatic heterocycles. The van der Waals surface area contributed by atoms with Gasteiger partial charge in [0.05, 0.1) is 11.3 Å². The minimum absolute atomic E-state index is 0.0373. The van der Waals surface area contributed by atoms with Crippen molar-refractivity contribution in [3.05, 3.63) is 70.3 Å². The Hall–Kier alpha value is -4.81. The number of nitrogens with one attached hydrogen (secondary N) is 2. The van der Waals surface area contributed by atoms with Crippen molar-refractivity contribution in [2.75, 3.05) is 4.90 Å². The van der Waals surface area contributed by atoms with Crippen LogP contribution in [0.25, 0.3) is 0 Å². The largest absolute Gasteiger partial charge is 0.481 e.